The van der Waals surface area contributed by atoms with Crippen molar-refractivity contribution < 1.29 is 9.59 Å². The Labute approximate surface area is 194 Å². The fourth-order valence-electron chi connectivity index (χ4n) is 4.78. The van der Waals surface area contributed by atoms with Crippen LogP contribution < -0.4 is 15.1 Å². The lowest BCUT2D eigenvalue weighted by molar-refractivity contribution is -0.121. The van der Waals surface area contributed by atoms with Gasteiger partial charge in [-0.1, -0.05) is 36.4 Å². The van der Waals surface area contributed by atoms with Crippen LogP contribution in [-0.4, -0.2) is 56.5 Å². The Hall–Kier alpha value is -3.38. The Bertz CT molecular complexity index is 1160. The van der Waals surface area contributed by atoms with Gasteiger partial charge in [0.15, 0.2) is 0 Å². The summed E-state index contributed by atoms with van der Waals surface area (Å²) in [5.41, 5.74) is 4.05. The monoisotopic (exact) mass is 442 g/mol. The molecule has 0 aromatic heterocycles. The van der Waals surface area contributed by atoms with Gasteiger partial charge in [0.2, 0.25) is 5.91 Å². The van der Waals surface area contributed by atoms with Crippen molar-refractivity contribution in [1.82, 2.24) is 10.2 Å². The number of piperazine rings is 1. The number of carbonyl (C=O) groups is 2. The van der Waals surface area contributed by atoms with Gasteiger partial charge in [0.1, 0.15) is 0 Å². The first-order valence-electron chi connectivity index (χ1n) is 11.7. The van der Waals surface area contributed by atoms with Crippen LogP contribution in [-0.2, 0) is 11.3 Å². The molecule has 1 fully saturated rings. The number of benzene rings is 3. The van der Waals surface area contributed by atoms with Crippen molar-refractivity contribution >= 4 is 34.0 Å². The highest BCUT2D eigenvalue weighted by atomic mass is 16.2. The number of hydrogen-bond acceptors (Lipinski definition) is 4. The first-order valence-corrected chi connectivity index (χ1v) is 11.7. The number of nitrogens with one attached hydrogen (secondary N) is 1. The van der Waals surface area contributed by atoms with Gasteiger partial charge in [-0.25, -0.2) is 0 Å². The van der Waals surface area contributed by atoms with Gasteiger partial charge in [-0.3, -0.25) is 9.59 Å². The Morgan fingerprint density at radius 2 is 1.67 bits per heavy atom. The summed E-state index contributed by atoms with van der Waals surface area (Å²) in [6, 6.07) is 20.3. The summed E-state index contributed by atoms with van der Waals surface area (Å²) < 4.78 is 0. The van der Waals surface area contributed by atoms with E-state index in [0.717, 1.165) is 53.8 Å². The first-order chi connectivity index (χ1) is 16.1. The van der Waals surface area contributed by atoms with E-state index in [2.05, 4.69) is 46.4 Å². The van der Waals surface area contributed by atoms with E-state index in [1.807, 2.05) is 41.3 Å². The van der Waals surface area contributed by atoms with E-state index < -0.39 is 0 Å². The molecule has 0 spiro atoms. The second-order valence-corrected chi connectivity index (χ2v) is 8.97. The predicted octanol–water partition coefficient (Wildman–Crippen LogP) is 3.65. The lowest BCUT2D eigenvalue weighted by Crippen LogP contribution is -2.44. The highest BCUT2D eigenvalue weighted by molar-refractivity contribution is 6.25. The molecule has 6 nitrogen and oxygen atoms in total. The standard InChI is InChI=1S/C27H30N4O2/c1-29-15-17-30(18-16-29)22-12-10-20(11-13-22)19-28-25(32)9-4-14-31-24-8-3-6-21-5-2-7-23(26(21)24)27(31)33/h2-3,5-8,10-13H,4,9,14-19H2,1H3,(H,28,32). The summed E-state index contributed by atoms with van der Waals surface area (Å²) in [5.74, 6) is 0.0446. The molecule has 2 aliphatic heterocycles. The SMILES string of the molecule is CN1CCN(c2ccc(CNC(=O)CCCN3C(=O)c4cccc5cccc3c45)cc2)CC1. The zero-order chi connectivity index (χ0) is 22.8. The molecule has 3 aromatic carbocycles. The third-order valence-corrected chi connectivity index (χ3v) is 6.73. The van der Waals surface area contributed by atoms with E-state index in [0.29, 0.717) is 25.9 Å². The van der Waals surface area contributed by atoms with Crippen LogP contribution in [0, 0.1) is 0 Å². The van der Waals surface area contributed by atoms with Crippen molar-refractivity contribution in [2.24, 2.45) is 0 Å². The average molecular weight is 443 g/mol. The molecule has 2 heterocycles. The molecule has 3 aromatic rings. The maximum atomic E-state index is 12.8. The molecule has 0 bridgehead atoms. The lowest BCUT2D eigenvalue weighted by atomic mass is 10.1. The highest BCUT2D eigenvalue weighted by Crippen LogP contribution is 2.37. The number of carbonyl (C=O) groups excluding carboxylic acids is 2. The van der Waals surface area contributed by atoms with Gasteiger partial charge in [-0.2, -0.15) is 0 Å². The van der Waals surface area contributed by atoms with Gasteiger partial charge in [-0.05, 0) is 48.7 Å². The van der Waals surface area contributed by atoms with Crippen LogP contribution in [0.1, 0.15) is 28.8 Å². The van der Waals surface area contributed by atoms with Gasteiger partial charge < -0.3 is 20.0 Å². The summed E-state index contributed by atoms with van der Waals surface area (Å²) in [6.45, 7) is 5.33. The third kappa shape index (κ3) is 4.44. The van der Waals surface area contributed by atoms with Crippen LogP contribution in [0.3, 0.4) is 0 Å². The minimum atomic E-state index is 0.0144. The maximum Gasteiger partial charge on any atom is 0.258 e. The minimum Gasteiger partial charge on any atom is -0.369 e. The Kier molecular flexibility index (Phi) is 6.01. The Morgan fingerprint density at radius 1 is 0.939 bits per heavy atom. The molecule has 6 heteroatoms. The van der Waals surface area contributed by atoms with E-state index in [4.69, 9.17) is 0 Å². The second-order valence-electron chi connectivity index (χ2n) is 8.97. The van der Waals surface area contributed by atoms with E-state index in [1.165, 1.54) is 5.69 Å². The number of amides is 2. The van der Waals surface area contributed by atoms with Crippen molar-refractivity contribution in [2.45, 2.75) is 19.4 Å². The Balaban J connectivity index is 1.10. The lowest BCUT2D eigenvalue weighted by Gasteiger charge is -2.34. The number of likely N-dealkylation sites (N-methyl/N-ethyl adjacent to an activating group) is 1. The molecule has 0 saturated carbocycles. The predicted molar refractivity (Wildman–Crippen MR) is 133 cm³/mol. The molecule has 2 aliphatic rings. The van der Waals surface area contributed by atoms with Crippen LogP contribution in [0.25, 0.3) is 10.8 Å². The van der Waals surface area contributed by atoms with E-state index in [-0.39, 0.29) is 11.8 Å². The molecule has 0 unspecified atom stereocenters. The summed E-state index contributed by atoms with van der Waals surface area (Å²) in [4.78, 5) is 31.8. The first kappa shape index (κ1) is 21.5. The molecule has 0 radical (unpaired) electrons. The molecule has 1 saturated heterocycles. The summed E-state index contributed by atoms with van der Waals surface area (Å²) >= 11 is 0. The van der Waals surface area contributed by atoms with Crippen molar-refractivity contribution in [3.63, 3.8) is 0 Å². The van der Waals surface area contributed by atoms with Gasteiger partial charge in [0.25, 0.3) is 5.91 Å². The largest absolute Gasteiger partial charge is 0.369 e. The second kappa shape index (κ2) is 9.24. The van der Waals surface area contributed by atoms with Crippen LogP contribution in [0.5, 0.6) is 0 Å². The molecular weight excluding hydrogens is 412 g/mol. The van der Waals surface area contributed by atoms with E-state index >= 15 is 0 Å². The normalized spacial score (nSPS) is 16.0. The van der Waals surface area contributed by atoms with E-state index in [9.17, 15) is 9.59 Å². The fraction of sp³-hybridized carbons (Fsp3) is 0.333. The fourth-order valence-corrected chi connectivity index (χ4v) is 4.78. The van der Waals surface area contributed by atoms with Crippen LogP contribution in [0.4, 0.5) is 11.4 Å². The van der Waals surface area contributed by atoms with Crippen molar-refractivity contribution in [3.8, 4) is 0 Å². The molecule has 33 heavy (non-hydrogen) atoms. The summed E-state index contributed by atoms with van der Waals surface area (Å²) in [5, 5.41) is 5.12. The molecule has 0 aliphatic carbocycles. The topological polar surface area (TPSA) is 55.9 Å². The average Bonchev–Trinajstić information content (AvgIpc) is 3.12. The summed E-state index contributed by atoms with van der Waals surface area (Å²) in [7, 11) is 2.16. The summed E-state index contributed by atoms with van der Waals surface area (Å²) in [6.07, 6.45) is 1.03. The number of hydrogen-bond donors (Lipinski definition) is 1. The molecule has 0 atom stereocenters. The highest BCUT2D eigenvalue weighted by Gasteiger charge is 2.29. The molecule has 5 rings (SSSR count). The number of anilines is 2. The molecule has 1 N–H and O–H groups in total. The number of nitrogens with zero attached hydrogens (tertiary/aromatic N) is 3. The maximum absolute atomic E-state index is 12.8. The molecule has 2 amide bonds. The van der Waals surface area contributed by atoms with Gasteiger partial charge >= 0.3 is 0 Å². The third-order valence-electron chi connectivity index (χ3n) is 6.73. The van der Waals surface area contributed by atoms with Gasteiger partial charge in [0.05, 0.1) is 5.69 Å². The Morgan fingerprint density at radius 3 is 2.42 bits per heavy atom. The molecular formula is C27H30N4O2. The van der Waals surface area contributed by atoms with Crippen molar-refractivity contribution in [1.29, 1.82) is 0 Å². The zero-order valence-corrected chi connectivity index (χ0v) is 19.1. The minimum absolute atomic E-state index is 0.0144. The quantitative estimate of drug-likeness (QED) is 0.607. The van der Waals surface area contributed by atoms with Crippen LogP contribution in [0.2, 0.25) is 0 Å². The van der Waals surface area contributed by atoms with E-state index in [1.54, 1.807) is 0 Å². The zero-order valence-electron chi connectivity index (χ0n) is 19.1. The number of rotatable bonds is 7. The van der Waals surface area contributed by atoms with Crippen molar-refractivity contribution in [2.75, 3.05) is 49.6 Å². The van der Waals surface area contributed by atoms with Crippen LogP contribution >= 0.6 is 0 Å². The van der Waals surface area contributed by atoms with Gasteiger partial charge in [-0.15, -0.1) is 0 Å². The smallest absolute Gasteiger partial charge is 0.258 e. The molecule has 170 valence electrons. The van der Waals surface area contributed by atoms with Crippen molar-refractivity contribution in [3.05, 3.63) is 71.8 Å². The van der Waals surface area contributed by atoms with Crippen LogP contribution in [0.15, 0.2) is 60.7 Å². The van der Waals surface area contributed by atoms with Gasteiger partial charge in [0, 0.05) is 62.3 Å².